The molecule has 3 heterocycles. The molecule has 2 atom stereocenters. The first-order valence-electron chi connectivity index (χ1n) is 12.9. The highest BCUT2D eigenvalue weighted by atomic mass is 16.5. The highest BCUT2D eigenvalue weighted by Crippen LogP contribution is 2.42. The predicted octanol–water partition coefficient (Wildman–Crippen LogP) is 3.80. The Kier molecular flexibility index (Phi) is 6.97. The summed E-state index contributed by atoms with van der Waals surface area (Å²) in [6.07, 6.45) is -1.58. The Labute approximate surface area is 230 Å². The van der Waals surface area contributed by atoms with Crippen molar-refractivity contribution in [2.24, 2.45) is 0 Å². The number of para-hydroxylation sites is 1. The zero-order chi connectivity index (χ0) is 28.7. The molecule has 2 aliphatic heterocycles. The molecule has 2 aliphatic rings. The minimum Gasteiger partial charge on any atom is -0.461 e. The molecule has 1 N–H and O–H groups in total. The largest absolute Gasteiger partial charge is 0.461 e. The summed E-state index contributed by atoms with van der Waals surface area (Å²) in [5.74, 6) is -2.75. The van der Waals surface area contributed by atoms with Gasteiger partial charge in [0.05, 0.1) is 29.8 Å². The lowest BCUT2D eigenvalue weighted by atomic mass is 9.78. The summed E-state index contributed by atoms with van der Waals surface area (Å²) in [5, 5.41) is 3.39. The number of carbonyl (C=O) groups is 4. The maximum absolute atomic E-state index is 13.8. The lowest BCUT2D eigenvalue weighted by Crippen LogP contribution is -2.36. The number of benzene rings is 2. The highest BCUT2D eigenvalue weighted by molar-refractivity contribution is 6.07. The minimum atomic E-state index is -1.30. The molecule has 5 rings (SSSR count). The lowest BCUT2D eigenvalue weighted by molar-refractivity contribution is -0.153. The van der Waals surface area contributed by atoms with E-state index >= 15 is 0 Å². The normalized spacial score (nSPS) is 19.4. The maximum atomic E-state index is 13.8. The average molecular weight is 541 g/mol. The van der Waals surface area contributed by atoms with Gasteiger partial charge in [-0.05, 0) is 39.3 Å². The van der Waals surface area contributed by atoms with Crippen LogP contribution in [0.5, 0.6) is 0 Å². The fourth-order valence-electron chi connectivity index (χ4n) is 5.46. The van der Waals surface area contributed by atoms with Gasteiger partial charge in [-0.25, -0.2) is 4.79 Å². The second-order valence-corrected chi connectivity index (χ2v) is 10.0. The van der Waals surface area contributed by atoms with E-state index in [9.17, 15) is 24.0 Å². The van der Waals surface area contributed by atoms with Crippen LogP contribution in [0.4, 0.5) is 0 Å². The third kappa shape index (κ3) is 4.75. The fourth-order valence-corrected chi connectivity index (χ4v) is 5.46. The molecule has 2 amide bonds. The number of allylic oxidation sites excluding steroid dienone is 3. The van der Waals surface area contributed by atoms with Crippen LogP contribution in [0.3, 0.4) is 0 Å². The number of amides is 2. The number of aryl methyl sites for hydroxylation is 1. The molecular weight excluding hydrogens is 512 g/mol. The Bertz CT molecular complexity index is 1700. The van der Waals surface area contributed by atoms with Crippen molar-refractivity contribution in [3.05, 3.63) is 104 Å². The molecule has 1 fully saturated rings. The maximum Gasteiger partial charge on any atom is 0.337 e. The Morgan fingerprint density at radius 2 is 1.68 bits per heavy atom. The number of fused-ring (bicyclic) bond motifs is 1. The van der Waals surface area contributed by atoms with E-state index in [0.717, 1.165) is 10.5 Å². The molecule has 0 bridgehead atoms. The van der Waals surface area contributed by atoms with Gasteiger partial charge in [-0.15, -0.1) is 0 Å². The molecule has 9 nitrogen and oxygen atoms in total. The summed E-state index contributed by atoms with van der Waals surface area (Å²) in [7, 11) is 0. The highest BCUT2D eigenvalue weighted by Gasteiger charge is 2.44. The van der Waals surface area contributed by atoms with Crippen molar-refractivity contribution in [1.29, 1.82) is 0 Å². The number of dihydropyridines is 1. The van der Waals surface area contributed by atoms with Crippen molar-refractivity contribution in [1.82, 2.24) is 10.2 Å². The molecule has 2 aromatic carbocycles. The van der Waals surface area contributed by atoms with E-state index in [1.54, 1.807) is 51.1 Å². The second-order valence-electron chi connectivity index (χ2n) is 10.0. The van der Waals surface area contributed by atoms with Gasteiger partial charge in [-0.3, -0.25) is 24.1 Å². The van der Waals surface area contributed by atoms with Crippen molar-refractivity contribution in [2.75, 3.05) is 0 Å². The van der Waals surface area contributed by atoms with E-state index in [0.29, 0.717) is 33.7 Å². The number of ether oxygens (including phenoxy) is 1. The third-order valence-electron chi connectivity index (χ3n) is 7.21. The van der Waals surface area contributed by atoms with Crippen molar-refractivity contribution in [3.8, 4) is 0 Å². The van der Waals surface area contributed by atoms with Gasteiger partial charge in [0.15, 0.2) is 17.3 Å². The molecule has 40 heavy (non-hydrogen) atoms. The second kappa shape index (κ2) is 10.4. The van der Waals surface area contributed by atoms with E-state index < -0.39 is 29.8 Å². The van der Waals surface area contributed by atoms with Gasteiger partial charge in [0.25, 0.3) is 5.91 Å². The Balaban J connectivity index is 1.53. The number of nitrogens with one attached hydrogen (secondary N) is 1. The van der Waals surface area contributed by atoms with Gasteiger partial charge >= 0.3 is 5.97 Å². The summed E-state index contributed by atoms with van der Waals surface area (Å²) < 4.78 is 11.6. The van der Waals surface area contributed by atoms with Crippen LogP contribution in [0.1, 0.15) is 50.0 Å². The van der Waals surface area contributed by atoms with Crippen LogP contribution in [0.2, 0.25) is 0 Å². The average Bonchev–Trinajstić information content (AvgIpc) is 3.15. The third-order valence-corrected chi connectivity index (χ3v) is 7.21. The molecule has 1 aromatic heterocycles. The topological polar surface area (TPSA) is 123 Å². The van der Waals surface area contributed by atoms with E-state index in [1.807, 2.05) is 18.2 Å². The number of ketones is 1. The SMILES string of the molecule is CC(=O)C1=C(C)NC(C)=C(C(=O)O[C@H]2CC(=O)N(Cc3ccccc3)C2=O)[C@@H]1c1cccc2c(=O)cc(C)oc12. The number of nitrogens with zero attached hydrogens (tertiary/aromatic N) is 1. The zero-order valence-corrected chi connectivity index (χ0v) is 22.6. The lowest BCUT2D eigenvalue weighted by Gasteiger charge is -2.31. The van der Waals surface area contributed by atoms with E-state index in [1.165, 1.54) is 13.0 Å². The molecule has 0 spiro atoms. The number of Topliss-reactive ketones (excluding diaryl/α,β-unsaturated/α-hetero) is 1. The molecule has 3 aromatic rings. The molecule has 0 aliphatic carbocycles. The predicted molar refractivity (Wildman–Crippen MR) is 146 cm³/mol. The van der Waals surface area contributed by atoms with Crippen LogP contribution in [-0.4, -0.2) is 34.6 Å². The number of hydrogen-bond acceptors (Lipinski definition) is 8. The summed E-state index contributed by atoms with van der Waals surface area (Å²) in [4.78, 5) is 66.3. The molecule has 1 saturated heterocycles. The van der Waals surface area contributed by atoms with Crippen LogP contribution in [-0.2, 0) is 30.5 Å². The smallest absolute Gasteiger partial charge is 0.337 e. The van der Waals surface area contributed by atoms with Gasteiger partial charge in [0.1, 0.15) is 11.3 Å². The van der Waals surface area contributed by atoms with E-state index in [-0.39, 0.29) is 35.3 Å². The van der Waals surface area contributed by atoms with Gasteiger partial charge in [-0.1, -0.05) is 42.5 Å². The fraction of sp³-hybridized carbons (Fsp3) is 0.258. The first-order chi connectivity index (χ1) is 19.1. The Hall–Kier alpha value is -4.79. The summed E-state index contributed by atoms with van der Waals surface area (Å²) >= 11 is 0. The molecule has 0 saturated carbocycles. The first-order valence-corrected chi connectivity index (χ1v) is 12.9. The molecule has 0 unspecified atom stereocenters. The first kappa shape index (κ1) is 26.8. The Morgan fingerprint density at radius 3 is 2.38 bits per heavy atom. The zero-order valence-electron chi connectivity index (χ0n) is 22.6. The summed E-state index contributed by atoms with van der Waals surface area (Å²) in [5.41, 5.74) is 2.56. The quantitative estimate of drug-likeness (QED) is 0.370. The van der Waals surface area contributed by atoms with Gasteiger partial charge < -0.3 is 14.5 Å². The number of imide groups is 1. The van der Waals surface area contributed by atoms with Crippen molar-refractivity contribution >= 4 is 34.5 Å². The van der Waals surface area contributed by atoms with Crippen LogP contribution in [0.15, 0.2) is 86.3 Å². The minimum absolute atomic E-state index is 0.0727. The number of rotatable bonds is 6. The van der Waals surface area contributed by atoms with Gasteiger partial charge in [0, 0.05) is 28.6 Å². The van der Waals surface area contributed by atoms with Crippen molar-refractivity contribution in [2.45, 2.75) is 52.7 Å². The van der Waals surface area contributed by atoms with Crippen molar-refractivity contribution in [3.63, 3.8) is 0 Å². The van der Waals surface area contributed by atoms with Crippen LogP contribution in [0.25, 0.3) is 11.0 Å². The van der Waals surface area contributed by atoms with Crippen molar-refractivity contribution < 1.29 is 28.3 Å². The summed E-state index contributed by atoms with van der Waals surface area (Å²) in [6, 6.07) is 15.4. The number of likely N-dealkylation sites (tertiary alicyclic amines) is 1. The number of hydrogen-bond donors (Lipinski definition) is 1. The van der Waals surface area contributed by atoms with E-state index in [4.69, 9.17) is 9.15 Å². The van der Waals surface area contributed by atoms with E-state index in [2.05, 4.69) is 5.32 Å². The molecular formula is C31H28N2O7. The monoisotopic (exact) mass is 540 g/mol. The standard InChI is InChI=1S/C31H28N2O7/c1-16-13-23(35)21-11-8-12-22(29(21)39-16)28-26(19(4)34)17(2)32-18(3)27(28)31(38)40-24-14-25(36)33(30(24)37)15-20-9-6-5-7-10-20/h5-13,24,28,32H,14-15H2,1-4H3/t24-,28+/m0/s1. The molecule has 204 valence electrons. The van der Waals surface area contributed by atoms with Crippen LogP contribution >= 0.6 is 0 Å². The van der Waals surface area contributed by atoms with Gasteiger partial charge in [-0.2, -0.15) is 0 Å². The molecule has 9 heteroatoms. The Morgan fingerprint density at radius 1 is 0.975 bits per heavy atom. The van der Waals surface area contributed by atoms with Crippen LogP contribution < -0.4 is 10.7 Å². The van der Waals surface area contributed by atoms with Gasteiger partial charge in [0.2, 0.25) is 5.91 Å². The number of carbonyl (C=O) groups excluding carboxylic acids is 4. The molecule has 0 radical (unpaired) electrons. The van der Waals surface area contributed by atoms with Crippen LogP contribution in [0, 0.1) is 6.92 Å². The number of esters is 1. The summed E-state index contributed by atoms with van der Waals surface area (Å²) in [6.45, 7) is 6.50.